The Morgan fingerprint density at radius 2 is 1.43 bits per heavy atom. The van der Waals surface area contributed by atoms with Crippen molar-refractivity contribution in [1.82, 2.24) is 0 Å². The Bertz CT molecular complexity index is 1610. The van der Waals surface area contributed by atoms with Gasteiger partial charge < -0.3 is 79.1 Å². The second-order valence-electron chi connectivity index (χ2n) is 20.9. The molecule has 0 amide bonds. The Morgan fingerprint density at radius 3 is 2.15 bits per heavy atom. The lowest BCUT2D eigenvalue weighted by atomic mass is 9.43. The van der Waals surface area contributed by atoms with Crippen LogP contribution >= 0.6 is 0 Å². The molecule has 4 aliphatic carbocycles. The molecule has 0 unspecified atom stereocenters. The van der Waals surface area contributed by atoms with Crippen molar-refractivity contribution in [3.8, 4) is 0 Å². The first-order chi connectivity index (χ1) is 28.3. The van der Waals surface area contributed by atoms with Crippen LogP contribution in [0.2, 0.25) is 0 Å². The highest BCUT2D eigenvalue weighted by atomic mass is 16.8. The number of rotatable bonds is 5. The molecule has 5 heterocycles. The maximum atomic E-state index is 12.2. The van der Waals surface area contributed by atoms with Crippen molar-refractivity contribution in [3.63, 3.8) is 0 Å². The van der Waals surface area contributed by atoms with E-state index in [2.05, 4.69) is 33.8 Å². The molecule has 342 valence electrons. The second-order valence-corrected chi connectivity index (χ2v) is 20.9. The van der Waals surface area contributed by atoms with E-state index in [0.717, 1.165) is 44.1 Å². The summed E-state index contributed by atoms with van der Waals surface area (Å²) in [4.78, 5) is 0. The molecule has 26 atom stereocenters. The number of allylic oxidation sites excluding steroid dienone is 1. The van der Waals surface area contributed by atoms with E-state index in [1.165, 1.54) is 6.92 Å². The SMILES string of the molecule is C[C@@H]1CC[C@]2(OC1)O[C@H]1C[C@H]3[C@@H]4CC=C5C[C@@H](O)C[C@@H]([C@@]6(O[C@@H]7OC[C@@H](O)[C@H](O)[C@H]7O)O[C@H](C)[C@H](O)[C@@H](O)[C@H]6O[C@@H]6O[C@@H](C)[C@H](O)[C@@H](O)[C@H]6O)[C@]5(C)[C@H]4CC[C@]3(C)[C@H]1[C@@H]2C. The monoisotopic (exact) mass is 854 g/mol. The number of aliphatic hydroxyl groups excluding tert-OH is 9. The molecule has 1 spiro atoms. The predicted molar refractivity (Wildman–Crippen MR) is 208 cm³/mol. The number of hydrogen-bond donors (Lipinski definition) is 9. The highest BCUT2D eigenvalue weighted by Crippen LogP contribution is 2.72. The molecule has 0 radical (unpaired) electrons. The molecule has 0 aromatic rings. The van der Waals surface area contributed by atoms with Gasteiger partial charge in [0.25, 0.3) is 0 Å². The van der Waals surface area contributed by atoms with Crippen LogP contribution in [0.4, 0.5) is 0 Å². The fraction of sp³-hybridized carbons (Fsp3) is 0.955. The van der Waals surface area contributed by atoms with Crippen molar-refractivity contribution in [2.45, 2.75) is 196 Å². The van der Waals surface area contributed by atoms with E-state index in [1.54, 1.807) is 6.92 Å². The van der Waals surface area contributed by atoms with E-state index in [0.29, 0.717) is 30.8 Å². The first kappa shape index (κ1) is 44.3. The van der Waals surface area contributed by atoms with Crippen LogP contribution in [0, 0.1) is 52.3 Å². The number of ether oxygens (including phenoxy) is 7. The van der Waals surface area contributed by atoms with Gasteiger partial charge in [-0.25, -0.2) is 0 Å². The largest absolute Gasteiger partial charge is 0.393 e. The summed E-state index contributed by atoms with van der Waals surface area (Å²) in [7, 11) is 0. The lowest BCUT2D eigenvalue weighted by Gasteiger charge is -2.65. The van der Waals surface area contributed by atoms with Crippen molar-refractivity contribution >= 4 is 0 Å². The Kier molecular flexibility index (Phi) is 11.5. The van der Waals surface area contributed by atoms with Crippen molar-refractivity contribution in [3.05, 3.63) is 11.6 Å². The van der Waals surface area contributed by atoms with E-state index in [4.69, 9.17) is 33.2 Å². The van der Waals surface area contributed by atoms with Gasteiger partial charge in [0.15, 0.2) is 18.4 Å². The van der Waals surface area contributed by atoms with Gasteiger partial charge >= 0.3 is 0 Å². The van der Waals surface area contributed by atoms with Gasteiger partial charge in [-0.05, 0) is 99.2 Å². The van der Waals surface area contributed by atoms with E-state index < -0.39 is 115 Å². The highest BCUT2D eigenvalue weighted by molar-refractivity contribution is 5.30. The molecular formula is C44H70O16. The third-order valence-electron chi connectivity index (χ3n) is 17.7. The molecule has 60 heavy (non-hydrogen) atoms. The van der Waals surface area contributed by atoms with Gasteiger partial charge in [-0.2, -0.15) is 0 Å². The fourth-order valence-electron chi connectivity index (χ4n) is 14.4. The van der Waals surface area contributed by atoms with Crippen LogP contribution in [0.3, 0.4) is 0 Å². The minimum atomic E-state index is -2.19. The van der Waals surface area contributed by atoms with Crippen LogP contribution < -0.4 is 0 Å². The summed E-state index contributed by atoms with van der Waals surface area (Å²) in [5.41, 5.74) is 0.145. The number of fused-ring (bicyclic) bond motifs is 7. The summed E-state index contributed by atoms with van der Waals surface area (Å²) in [6, 6.07) is 0. The van der Waals surface area contributed by atoms with Gasteiger partial charge in [-0.1, -0.05) is 39.3 Å². The third kappa shape index (κ3) is 6.51. The van der Waals surface area contributed by atoms with Crippen molar-refractivity contribution in [2.24, 2.45) is 52.3 Å². The van der Waals surface area contributed by atoms with E-state index in [-0.39, 0.29) is 35.7 Å². The number of hydrogen-bond acceptors (Lipinski definition) is 16. The molecule has 16 nitrogen and oxygen atoms in total. The van der Waals surface area contributed by atoms with Crippen LogP contribution in [-0.2, 0) is 33.2 Å². The normalized spacial score (nSPS) is 60.4. The zero-order chi connectivity index (χ0) is 43.0. The maximum absolute atomic E-state index is 12.2. The predicted octanol–water partition coefficient (Wildman–Crippen LogP) is 0.445. The maximum Gasteiger partial charge on any atom is 0.204 e. The summed E-state index contributed by atoms with van der Waals surface area (Å²) < 4.78 is 45.5. The van der Waals surface area contributed by atoms with Gasteiger partial charge in [0.1, 0.15) is 54.9 Å². The zero-order valence-corrected chi connectivity index (χ0v) is 35.7. The molecule has 5 saturated heterocycles. The second kappa shape index (κ2) is 15.6. The third-order valence-corrected chi connectivity index (χ3v) is 17.7. The molecular weight excluding hydrogens is 784 g/mol. The van der Waals surface area contributed by atoms with Gasteiger partial charge in [-0.15, -0.1) is 0 Å². The van der Waals surface area contributed by atoms with Crippen LogP contribution in [-0.4, -0.2) is 163 Å². The van der Waals surface area contributed by atoms with E-state index in [9.17, 15) is 46.0 Å². The Balaban J connectivity index is 1.12. The molecule has 0 bridgehead atoms. The van der Waals surface area contributed by atoms with Gasteiger partial charge in [-0.3, -0.25) is 0 Å². The molecule has 9 rings (SSSR count). The van der Waals surface area contributed by atoms with Gasteiger partial charge in [0, 0.05) is 18.3 Å². The van der Waals surface area contributed by atoms with Crippen LogP contribution in [0.1, 0.15) is 92.9 Å². The average molecular weight is 855 g/mol. The first-order valence-electron chi connectivity index (χ1n) is 22.7. The molecule has 8 fully saturated rings. The fourth-order valence-corrected chi connectivity index (χ4v) is 14.4. The molecule has 0 aromatic carbocycles. The zero-order valence-electron chi connectivity index (χ0n) is 35.7. The minimum Gasteiger partial charge on any atom is -0.393 e. The minimum absolute atomic E-state index is 0.00472. The van der Waals surface area contributed by atoms with Crippen LogP contribution in [0.15, 0.2) is 11.6 Å². The van der Waals surface area contributed by atoms with E-state index >= 15 is 0 Å². The van der Waals surface area contributed by atoms with Crippen molar-refractivity contribution < 1.29 is 79.1 Å². The van der Waals surface area contributed by atoms with Gasteiger partial charge in [0.05, 0.1) is 37.6 Å². The average Bonchev–Trinajstić information content (AvgIpc) is 3.66. The van der Waals surface area contributed by atoms with Crippen LogP contribution in [0.5, 0.6) is 0 Å². The summed E-state index contributed by atoms with van der Waals surface area (Å²) in [5, 5.41) is 101. The summed E-state index contributed by atoms with van der Waals surface area (Å²) >= 11 is 0. The van der Waals surface area contributed by atoms with Crippen molar-refractivity contribution in [2.75, 3.05) is 13.2 Å². The van der Waals surface area contributed by atoms with Crippen molar-refractivity contribution in [1.29, 1.82) is 0 Å². The van der Waals surface area contributed by atoms with Gasteiger partial charge in [0.2, 0.25) is 5.79 Å². The Labute approximate surface area is 352 Å². The molecule has 9 N–H and O–H groups in total. The standard InChI is InChI=1S/C44H70O16/c1-18-9-12-43(55-16-18)19(2)30-28(59-43)15-26-24-8-7-22-13-23(45)14-29(42(22,6)25(24)10-11-41(26,30)5)44(60-39-36(52)33(49)27(46)17-54-39)38(35(51)32(48)21(4)58-44)57-40-37(53)34(50)31(47)20(3)56-40/h7,18-21,23-40,45-53H,8-17H2,1-6H3/t18-,19+,20+,21-,23-,24-,25+,26+,27-,28+,29-,30+,31+,32+,33+,34-,35-,36-,37-,38-,39+,40+,41+,42+,43+,44+/m1/s1. The molecule has 16 heteroatoms. The lowest BCUT2D eigenvalue weighted by Crippen LogP contribution is -2.75. The van der Waals surface area contributed by atoms with Crippen LogP contribution in [0.25, 0.3) is 0 Å². The lowest BCUT2D eigenvalue weighted by molar-refractivity contribution is -0.456. The first-order valence-corrected chi connectivity index (χ1v) is 22.7. The quantitative estimate of drug-likeness (QED) is 0.170. The molecule has 5 aliphatic heterocycles. The molecule has 9 aliphatic rings. The number of aliphatic hydroxyl groups is 9. The summed E-state index contributed by atoms with van der Waals surface area (Å²) in [6.07, 6.45) is -13.2. The highest BCUT2D eigenvalue weighted by Gasteiger charge is 2.73. The summed E-state index contributed by atoms with van der Waals surface area (Å²) in [5.74, 6) is -2.11. The molecule has 3 saturated carbocycles. The van der Waals surface area contributed by atoms with E-state index in [1.807, 2.05) is 0 Å². The smallest absolute Gasteiger partial charge is 0.204 e. The Hall–Kier alpha value is -0.900. The summed E-state index contributed by atoms with van der Waals surface area (Å²) in [6.45, 7) is 12.5. The topological polar surface area (TPSA) is 247 Å². The molecule has 0 aromatic heterocycles. The Morgan fingerprint density at radius 1 is 0.717 bits per heavy atom.